The van der Waals surface area contributed by atoms with Crippen LogP contribution in [0, 0.1) is 11.7 Å². The second kappa shape index (κ2) is 8.97. The number of benzene rings is 2. The lowest BCUT2D eigenvalue weighted by atomic mass is 10.0. The molecule has 2 amide bonds. The molecule has 4 aromatic rings. The molecule has 162 valence electrons. The van der Waals surface area contributed by atoms with E-state index < -0.39 is 17.8 Å². The van der Waals surface area contributed by atoms with Crippen LogP contribution in [0.4, 0.5) is 10.1 Å². The Morgan fingerprint density at radius 3 is 2.50 bits per heavy atom. The molecule has 0 spiro atoms. The Bertz CT molecular complexity index is 1250. The summed E-state index contributed by atoms with van der Waals surface area (Å²) in [5.41, 5.74) is 3.07. The van der Waals surface area contributed by atoms with Gasteiger partial charge in [-0.25, -0.2) is 9.37 Å². The standard InChI is InChI=1S/C24H22FN5O2/c1-14(2)21(30-23(31)15-6-8-16(25)9-7-15)24(32)27-17-10-11-18-20(13-17)29-22(28-18)19-5-3-4-12-26-19/h3-14,21H,1-2H3,(H,27,32)(H,28,29)(H,30,31). The van der Waals surface area contributed by atoms with E-state index in [1.807, 2.05) is 32.0 Å². The number of carbonyl (C=O) groups excluding carboxylic acids is 2. The van der Waals surface area contributed by atoms with Crippen LogP contribution < -0.4 is 10.6 Å². The van der Waals surface area contributed by atoms with Crippen molar-refractivity contribution in [2.24, 2.45) is 5.92 Å². The molecule has 0 aliphatic heterocycles. The summed E-state index contributed by atoms with van der Waals surface area (Å²) in [4.78, 5) is 37.5. The smallest absolute Gasteiger partial charge is 0.251 e. The van der Waals surface area contributed by atoms with Gasteiger partial charge in [0, 0.05) is 17.4 Å². The zero-order chi connectivity index (χ0) is 22.7. The van der Waals surface area contributed by atoms with Gasteiger partial charge in [-0.3, -0.25) is 14.6 Å². The molecule has 0 radical (unpaired) electrons. The number of aromatic amines is 1. The number of amides is 2. The fourth-order valence-electron chi connectivity index (χ4n) is 3.29. The van der Waals surface area contributed by atoms with Crippen LogP contribution in [0.25, 0.3) is 22.6 Å². The molecular weight excluding hydrogens is 409 g/mol. The van der Waals surface area contributed by atoms with Crippen LogP contribution >= 0.6 is 0 Å². The average Bonchev–Trinajstić information content (AvgIpc) is 3.21. The number of rotatable bonds is 6. The molecule has 2 aromatic heterocycles. The molecule has 1 unspecified atom stereocenters. The number of carbonyl (C=O) groups is 2. The van der Waals surface area contributed by atoms with Crippen LogP contribution in [0.3, 0.4) is 0 Å². The van der Waals surface area contributed by atoms with Crippen LogP contribution in [0.2, 0.25) is 0 Å². The number of anilines is 1. The van der Waals surface area contributed by atoms with Gasteiger partial charge >= 0.3 is 0 Å². The number of H-pyrrole nitrogens is 1. The van der Waals surface area contributed by atoms with Gasteiger partial charge in [0.1, 0.15) is 17.6 Å². The van der Waals surface area contributed by atoms with Crippen molar-refractivity contribution < 1.29 is 14.0 Å². The van der Waals surface area contributed by atoms with Gasteiger partial charge in [-0.15, -0.1) is 0 Å². The molecule has 2 heterocycles. The lowest BCUT2D eigenvalue weighted by molar-refractivity contribution is -0.118. The maximum Gasteiger partial charge on any atom is 0.251 e. The van der Waals surface area contributed by atoms with Gasteiger partial charge in [0.25, 0.3) is 5.91 Å². The third kappa shape index (κ3) is 4.64. The van der Waals surface area contributed by atoms with Crippen molar-refractivity contribution in [3.8, 4) is 11.5 Å². The Labute approximate surface area is 184 Å². The van der Waals surface area contributed by atoms with E-state index >= 15 is 0 Å². The van der Waals surface area contributed by atoms with Crippen molar-refractivity contribution in [3.05, 3.63) is 78.2 Å². The number of fused-ring (bicyclic) bond motifs is 1. The van der Waals surface area contributed by atoms with Gasteiger partial charge in [0.05, 0.1) is 11.0 Å². The van der Waals surface area contributed by atoms with E-state index in [-0.39, 0.29) is 17.4 Å². The van der Waals surface area contributed by atoms with E-state index in [4.69, 9.17) is 0 Å². The number of aromatic nitrogens is 3. The average molecular weight is 431 g/mol. The first-order valence-electron chi connectivity index (χ1n) is 10.2. The zero-order valence-corrected chi connectivity index (χ0v) is 17.6. The first kappa shape index (κ1) is 21.2. The van der Waals surface area contributed by atoms with Crippen molar-refractivity contribution >= 4 is 28.5 Å². The summed E-state index contributed by atoms with van der Waals surface area (Å²) >= 11 is 0. The highest BCUT2D eigenvalue weighted by molar-refractivity contribution is 6.02. The largest absolute Gasteiger partial charge is 0.340 e. The number of halogens is 1. The summed E-state index contributed by atoms with van der Waals surface area (Å²) in [6, 6.07) is 15.3. The topological polar surface area (TPSA) is 99.8 Å². The number of imidazole rings is 1. The van der Waals surface area contributed by atoms with Crippen molar-refractivity contribution in [1.82, 2.24) is 20.3 Å². The van der Waals surface area contributed by atoms with Crippen molar-refractivity contribution in [2.75, 3.05) is 5.32 Å². The van der Waals surface area contributed by atoms with Crippen LogP contribution in [0.15, 0.2) is 66.9 Å². The summed E-state index contributed by atoms with van der Waals surface area (Å²) in [7, 11) is 0. The fraction of sp³-hybridized carbons (Fsp3) is 0.167. The quantitative estimate of drug-likeness (QED) is 0.427. The van der Waals surface area contributed by atoms with Crippen molar-refractivity contribution in [2.45, 2.75) is 19.9 Å². The predicted octanol–water partition coefficient (Wildman–Crippen LogP) is 4.16. The van der Waals surface area contributed by atoms with Crippen LogP contribution in [0.1, 0.15) is 24.2 Å². The summed E-state index contributed by atoms with van der Waals surface area (Å²) in [6.45, 7) is 3.68. The molecule has 4 rings (SSSR count). The molecule has 0 saturated carbocycles. The molecule has 0 bridgehead atoms. The monoisotopic (exact) mass is 431 g/mol. The van der Waals surface area contributed by atoms with Gasteiger partial charge in [-0.05, 0) is 60.5 Å². The number of hydrogen-bond donors (Lipinski definition) is 3. The number of pyridine rings is 1. The van der Waals surface area contributed by atoms with Crippen molar-refractivity contribution in [3.63, 3.8) is 0 Å². The molecule has 7 nitrogen and oxygen atoms in total. The molecule has 1 atom stereocenters. The molecule has 8 heteroatoms. The van der Waals surface area contributed by atoms with Gasteiger partial charge < -0.3 is 15.6 Å². The molecule has 0 aliphatic carbocycles. The minimum atomic E-state index is -0.769. The fourth-order valence-corrected chi connectivity index (χ4v) is 3.29. The lowest BCUT2D eigenvalue weighted by Crippen LogP contribution is -2.47. The predicted molar refractivity (Wildman–Crippen MR) is 120 cm³/mol. The highest BCUT2D eigenvalue weighted by atomic mass is 19.1. The van der Waals surface area contributed by atoms with Crippen LogP contribution in [0.5, 0.6) is 0 Å². The van der Waals surface area contributed by atoms with E-state index in [9.17, 15) is 14.0 Å². The van der Waals surface area contributed by atoms with E-state index in [1.165, 1.54) is 24.3 Å². The Balaban J connectivity index is 1.50. The molecule has 32 heavy (non-hydrogen) atoms. The molecule has 0 aliphatic rings. The second-order valence-electron chi connectivity index (χ2n) is 7.72. The van der Waals surface area contributed by atoms with Crippen molar-refractivity contribution in [1.29, 1.82) is 0 Å². The first-order valence-corrected chi connectivity index (χ1v) is 10.2. The molecule has 3 N–H and O–H groups in total. The normalized spacial score (nSPS) is 12.0. The van der Waals surface area contributed by atoms with Gasteiger partial charge in [-0.2, -0.15) is 0 Å². The van der Waals surface area contributed by atoms with Crippen LogP contribution in [-0.4, -0.2) is 32.8 Å². The molecule has 2 aromatic carbocycles. The maximum absolute atomic E-state index is 13.1. The summed E-state index contributed by atoms with van der Waals surface area (Å²) in [5.74, 6) is -0.746. The molecular formula is C24H22FN5O2. The first-order chi connectivity index (χ1) is 15.4. The summed E-state index contributed by atoms with van der Waals surface area (Å²) < 4.78 is 13.1. The Morgan fingerprint density at radius 2 is 1.81 bits per heavy atom. The van der Waals surface area contributed by atoms with Crippen LogP contribution in [-0.2, 0) is 4.79 Å². The lowest BCUT2D eigenvalue weighted by Gasteiger charge is -2.21. The second-order valence-corrected chi connectivity index (χ2v) is 7.72. The van der Waals surface area contributed by atoms with Gasteiger partial charge in [-0.1, -0.05) is 19.9 Å². The van der Waals surface area contributed by atoms with Gasteiger partial charge in [0.15, 0.2) is 5.82 Å². The van der Waals surface area contributed by atoms with E-state index in [1.54, 1.807) is 24.4 Å². The number of hydrogen-bond acceptors (Lipinski definition) is 4. The third-order valence-electron chi connectivity index (χ3n) is 5.00. The SMILES string of the molecule is CC(C)C(NC(=O)c1ccc(F)cc1)C(=O)Nc1ccc2nc(-c3ccccn3)[nH]c2c1. The minimum absolute atomic E-state index is 0.161. The Morgan fingerprint density at radius 1 is 1.03 bits per heavy atom. The highest BCUT2D eigenvalue weighted by Crippen LogP contribution is 2.22. The Hall–Kier alpha value is -4.07. The zero-order valence-electron chi connectivity index (χ0n) is 17.6. The molecule has 0 fully saturated rings. The number of nitrogens with one attached hydrogen (secondary N) is 3. The number of nitrogens with zero attached hydrogens (tertiary/aromatic N) is 2. The van der Waals surface area contributed by atoms with E-state index in [2.05, 4.69) is 25.6 Å². The molecule has 0 saturated heterocycles. The maximum atomic E-state index is 13.1. The Kier molecular flexibility index (Phi) is 5.93. The van der Waals surface area contributed by atoms with E-state index in [0.29, 0.717) is 11.5 Å². The summed E-state index contributed by atoms with van der Waals surface area (Å²) in [5, 5.41) is 5.59. The minimum Gasteiger partial charge on any atom is -0.340 e. The van der Waals surface area contributed by atoms with E-state index in [0.717, 1.165) is 16.7 Å². The third-order valence-corrected chi connectivity index (χ3v) is 5.00. The highest BCUT2D eigenvalue weighted by Gasteiger charge is 2.25. The van der Waals surface area contributed by atoms with Gasteiger partial charge in [0.2, 0.25) is 5.91 Å². The summed E-state index contributed by atoms with van der Waals surface area (Å²) in [6.07, 6.45) is 1.69.